The third-order valence-corrected chi connectivity index (χ3v) is 6.72. The Balaban J connectivity index is 1.53. The first-order valence-electron chi connectivity index (χ1n) is 12.0. The normalized spacial score (nSPS) is 12.2. The lowest BCUT2D eigenvalue weighted by Gasteiger charge is -2.16. The Bertz CT molecular complexity index is 1690. The summed E-state index contributed by atoms with van der Waals surface area (Å²) < 4.78 is 60.0. The smallest absolute Gasteiger partial charge is 0.416 e. The zero-order valence-corrected chi connectivity index (χ0v) is 21.9. The van der Waals surface area contributed by atoms with Crippen LogP contribution in [0.1, 0.15) is 31.0 Å². The first-order chi connectivity index (χ1) is 19.0. The Kier molecular flexibility index (Phi) is 7.35. The molecule has 0 fully saturated rings. The van der Waals surface area contributed by atoms with E-state index in [1.807, 2.05) is 6.07 Å². The van der Waals surface area contributed by atoms with Crippen molar-refractivity contribution in [3.8, 4) is 22.9 Å². The lowest BCUT2D eigenvalue weighted by atomic mass is 10.1. The minimum absolute atomic E-state index is 0.0976. The van der Waals surface area contributed by atoms with Crippen LogP contribution in [0.5, 0.6) is 11.6 Å². The van der Waals surface area contributed by atoms with Gasteiger partial charge in [0.1, 0.15) is 11.3 Å². The Morgan fingerprint density at radius 2 is 1.73 bits per heavy atom. The van der Waals surface area contributed by atoms with E-state index in [-0.39, 0.29) is 17.7 Å². The zero-order valence-electron chi connectivity index (χ0n) is 21.1. The summed E-state index contributed by atoms with van der Waals surface area (Å²) in [5.41, 5.74) is 1.06. The second-order valence-corrected chi connectivity index (χ2v) is 9.85. The van der Waals surface area contributed by atoms with Gasteiger partial charge in [-0.25, -0.2) is 14.4 Å². The van der Waals surface area contributed by atoms with Crippen LogP contribution in [0.4, 0.5) is 28.6 Å². The average molecular weight is 568 g/mol. The largest absolute Gasteiger partial charge is 0.437 e. The van der Waals surface area contributed by atoms with Gasteiger partial charge in [-0.15, -0.1) is 0 Å². The van der Waals surface area contributed by atoms with Crippen molar-refractivity contribution in [2.45, 2.75) is 26.1 Å². The van der Waals surface area contributed by atoms with Crippen molar-refractivity contribution in [1.82, 2.24) is 15.0 Å². The molecule has 0 saturated heterocycles. The highest BCUT2D eigenvalue weighted by atomic mass is 32.1. The summed E-state index contributed by atoms with van der Waals surface area (Å²) in [6.45, 7) is 3.18. The molecule has 0 aliphatic rings. The van der Waals surface area contributed by atoms with Gasteiger partial charge in [-0.1, -0.05) is 41.7 Å². The van der Waals surface area contributed by atoms with Gasteiger partial charge < -0.3 is 15.4 Å². The van der Waals surface area contributed by atoms with E-state index in [9.17, 15) is 22.4 Å². The van der Waals surface area contributed by atoms with E-state index in [2.05, 4.69) is 25.6 Å². The molecule has 0 bridgehead atoms. The topological polar surface area (TPSA) is 89.0 Å². The second kappa shape index (κ2) is 10.9. The number of nitrogens with one attached hydrogen (secondary N) is 2. The SMILES string of the molecule is CC(=O)Nc1nc2c(Oc3cc(-c4ccc(C(F)(F)F)cc4)nc(NC(C)c4cccc(F)c4)n3)cccc2s1. The molecule has 2 N–H and O–H groups in total. The fourth-order valence-electron chi connectivity index (χ4n) is 3.89. The second-order valence-electron chi connectivity index (χ2n) is 8.82. The van der Waals surface area contributed by atoms with Crippen molar-refractivity contribution in [3.63, 3.8) is 0 Å². The van der Waals surface area contributed by atoms with E-state index in [1.165, 1.54) is 48.6 Å². The molecular weight excluding hydrogens is 546 g/mol. The van der Waals surface area contributed by atoms with Crippen LogP contribution in [0.3, 0.4) is 0 Å². The standard InChI is InChI=1S/C28H21F4N5O2S/c1-15(18-5-3-6-20(29)13-18)33-26-35-21(17-9-11-19(12-10-17)28(30,31)32)14-24(36-26)39-22-7-4-8-23-25(22)37-27(40-23)34-16(2)38/h3-15H,1-2H3,(H,33,35,36)(H,34,37,38). The first kappa shape index (κ1) is 27.0. The highest BCUT2D eigenvalue weighted by molar-refractivity contribution is 7.22. The quantitative estimate of drug-likeness (QED) is 0.195. The molecule has 0 aliphatic heterocycles. The van der Waals surface area contributed by atoms with E-state index in [1.54, 1.807) is 31.2 Å². The molecule has 7 nitrogen and oxygen atoms in total. The summed E-state index contributed by atoms with van der Waals surface area (Å²) in [6, 6.07) is 17.0. The molecule has 5 aromatic rings. The van der Waals surface area contributed by atoms with Crippen molar-refractivity contribution in [3.05, 3.63) is 89.7 Å². The lowest BCUT2D eigenvalue weighted by molar-refractivity contribution is -0.137. The number of amides is 1. The van der Waals surface area contributed by atoms with E-state index in [0.717, 1.165) is 16.8 Å². The number of carbonyl (C=O) groups excluding carboxylic acids is 1. The molecule has 2 aromatic heterocycles. The van der Waals surface area contributed by atoms with Gasteiger partial charge in [-0.3, -0.25) is 4.79 Å². The number of hydrogen-bond donors (Lipinski definition) is 2. The summed E-state index contributed by atoms with van der Waals surface area (Å²) >= 11 is 1.27. The van der Waals surface area contributed by atoms with Crippen LogP contribution < -0.4 is 15.4 Å². The van der Waals surface area contributed by atoms with Gasteiger partial charge in [-0.2, -0.15) is 18.2 Å². The minimum Gasteiger partial charge on any atom is -0.437 e. The number of aromatic nitrogens is 3. The van der Waals surface area contributed by atoms with E-state index in [4.69, 9.17) is 4.74 Å². The van der Waals surface area contributed by atoms with Crippen molar-refractivity contribution in [2.24, 2.45) is 0 Å². The third kappa shape index (κ3) is 6.18. The molecule has 0 aliphatic carbocycles. The number of ether oxygens (including phenoxy) is 1. The molecule has 40 heavy (non-hydrogen) atoms. The molecule has 2 heterocycles. The number of anilines is 2. The number of rotatable bonds is 7. The van der Waals surface area contributed by atoms with Crippen molar-refractivity contribution in [2.75, 3.05) is 10.6 Å². The van der Waals surface area contributed by atoms with Gasteiger partial charge >= 0.3 is 6.18 Å². The summed E-state index contributed by atoms with van der Waals surface area (Å²) in [6.07, 6.45) is -4.48. The van der Waals surface area contributed by atoms with Crippen LogP contribution in [0, 0.1) is 5.82 Å². The Hall–Kier alpha value is -4.58. The van der Waals surface area contributed by atoms with Crippen LogP contribution in [0.25, 0.3) is 21.5 Å². The highest BCUT2D eigenvalue weighted by Gasteiger charge is 2.30. The number of alkyl halides is 3. The van der Waals surface area contributed by atoms with E-state index in [0.29, 0.717) is 33.2 Å². The zero-order chi connectivity index (χ0) is 28.4. The predicted octanol–water partition coefficient (Wildman–Crippen LogP) is 7.84. The fourth-order valence-corrected chi connectivity index (χ4v) is 4.82. The van der Waals surface area contributed by atoms with Gasteiger partial charge in [0.2, 0.25) is 17.7 Å². The summed E-state index contributed by atoms with van der Waals surface area (Å²) in [7, 11) is 0. The van der Waals surface area contributed by atoms with Crippen LogP contribution in [0.15, 0.2) is 72.8 Å². The van der Waals surface area contributed by atoms with Crippen LogP contribution in [0.2, 0.25) is 0 Å². The molecule has 0 saturated carbocycles. The maximum Gasteiger partial charge on any atom is 0.416 e. The number of fused-ring (bicyclic) bond motifs is 1. The average Bonchev–Trinajstić information content (AvgIpc) is 3.31. The van der Waals surface area contributed by atoms with Gasteiger partial charge in [0.05, 0.1) is 22.0 Å². The first-order valence-corrected chi connectivity index (χ1v) is 12.8. The van der Waals surface area contributed by atoms with Gasteiger partial charge in [0.15, 0.2) is 10.9 Å². The number of thiazole rings is 1. The van der Waals surface area contributed by atoms with Crippen LogP contribution >= 0.6 is 11.3 Å². The van der Waals surface area contributed by atoms with Gasteiger partial charge in [0, 0.05) is 18.6 Å². The highest BCUT2D eigenvalue weighted by Crippen LogP contribution is 2.36. The molecule has 204 valence electrons. The van der Waals surface area contributed by atoms with Crippen LogP contribution in [-0.2, 0) is 11.0 Å². The number of benzene rings is 3. The Labute approximate surface area is 229 Å². The van der Waals surface area contributed by atoms with Crippen molar-refractivity contribution < 1.29 is 27.1 Å². The van der Waals surface area contributed by atoms with Crippen molar-refractivity contribution >= 4 is 38.5 Å². The summed E-state index contributed by atoms with van der Waals surface area (Å²) in [5.74, 6) is -0.0910. The molecule has 0 radical (unpaired) electrons. The van der Waals surface area contributed by atoms with E-state index < -0.39 is 23.6 Å². The minimum atomic E-state index is -4.48. The number of hydrogen-bond acceptors (Lipinski definition) is 7. The molecule has 0 spiro atoms. The lowest BCUT2D eigenvalue weighted by Crippen LogP contribution is -2.10. The molecule has 5 rings (SSSR count). The Morgan fingerprint density at radius 3 is 2.42 bits per heavy atom. The fraction of sp³-hybridized carbons (Fsp3) is 0.143. The Morgan fingerprint density at radius 1 is 0.975 bits per heavy atom. The number of para-hydroxylation sites is 1. The molecule has 1 unspecified atom stereocenters. The van der Waals surface area contributed by atoms with E-state index >= 15 is 0 Å². The predicted molar refractivity (Wildman–Crippen MR) is 145 cm³/mol. The van der Waals surface area contributed by atoms with Gasteiger partial charge in [-0.05, 0) is 48.9 Å². The maximum atomic E-state index is 13.8. The molecule has 3 aromatic carbocycles. The van der Waals surface area contributed by atoms with Gasteiger partial charge in [0.25, 0.3) is 0 Å². The molecule has 1 amide bonds. The third-order valence-electron chi connectivity index (χ3n) is 5.78. The van der Waals surface area contributed by atoms with Crippen molar-refractivity contribution in [1.29, 1.82) is 0 Å². The number of carbonyl (C=O) groups is 1. The van der Waals surface area contributed by atoms with Crippen LogP contribution in [-0.4, -0.2) is 20.9 Å². The number of nitrogens with zero attached hydrogens (tertiary/aromatic N) is 3. The molecule has 12 heteroatoms. The molecule has 1 atom stereocenters. The monoisotopic (exact) mass is 567 g/mol. The maximum absolute atomic E-state index is 13.8. The summed E-state index contributed by atoms with van der Waals surface area (Å²) in [5, 5.41) is 6.16. The number of halogens is 4. The molecular formula is C28H21F4N5O2S. The summed E-state index contributed by atoms with van der Waals surface area (Å²) in [4.78, 5) is 24.9.